The van der Waals surface area contributed by atoms with Crippen LogP contribution in [0.1, 0.15) is 0 Å². The van der Waals surface area contributed by atoms with E-state index >= 15 is 0 Å². The lowest BCUT2D eigenvalue weighted by Gasteiger charge is -2.29. The van der Waals surface area contributed by atoms with Gasteiger partial charge in [0, 0.05) is 32.4 Å². The summed E-state index contributed by atoms with van der Waals surface area (Å²) in [5.41, 5.74) is 1.54. The topological polar surface area (TPSA) is 65.4 Å². The van der Waals surface area contributed by atoms with Crippen molar-refractivity contribution in [3.05, 3.63) is 28.8 Å². The van der Waals surface area contributed by atoms with Crippen molar-refractivity contribution in [1.82, 2.24) is 19.9 Å². The van der Waals surface area contributed by atoms with Gasteiger partial charge in [-0.15, -0.1) is 0 Å². The molecule has 0 unspecified atom stereocenters. The quantitative estimate of drug-likeness (QED) is 0.674. The predicted octanol–water partition coefficient (Wildman–Crippen LogP) is -0.568. The number of H-pyrrole nitrogens is 1. The van der Waals surface area contributed by atoms with Crippen LogP contribution in [0.3, 0.4) is 0 Å². The van der Waals surface area contributed by atoms with Gasteiger partial charge in [-0.05, 0) is 12.1 Å². The maximum atomic E-state index is 11.4. The number of hydrogen-bond acceptors (Lipinski definition) is 4. The van der Waals surface area contributed by atoms with Crippen LogP contribution in [0.4, 0.5) is 5.69 Å². The zero-order valence-electron chi connectivity index (χ0n) is 8.81. The van der Waals surface area contributed by atoms with Gasteiger partial charge in [0.05, 0.1) is 5.69 Å². The van der Waals surface area contributed by atoms with E-state index in [1.54, 1.807) is 0 Å². The highest BCUT2D eigenvalue weighted by Gasteiger charge is 2.11. The molecule has 84 valence electrons. The zero-order valence-corrected chi connectivity index (χ0v) is 8.81. The third-order valence-corrected chi connectivity index (χ3v) is 2.88. The van der Waals surface area contributed by atoms with E-state index in [4.69, 9.17) is 0 Å². The van der Waals surface area contributed by atoms with Gasteiger partial charge in [-0.2, -0.15) is 5.10 Å². The molecule has 0 aliphatic carbocycles. The van der Waals surface area contributed by atoms with Crippen LogP contribution in [0.15, 0.2) is 23.1 Å². The summed E-state index contributed by atoms with van der Waals surface area (Å²) >= 11 is 0. The summed E-state index contributed by atoms with van der Waals surface area (Å²) in [6.45, 7) is 3.91. The number of nitrogens with zero attached hydrogens (tertiary/aromatic N) is 3. The molecule has 0 atom stereocenters. The molecule has 3 rings (SSSR count). The molecule has 0 radical (unpaired) electrons. The van der Waals surface area contributed by atoms with Gasteiger partial charge in [0.2, 0.25) is 0 Å². The molecule has 2 aromatic heterocycles. The Hall–Kier alpha value is -1.82. The summed E-state index contributed by atoms with van der Waals surface area (Å²) in [5.74, 6) is 0. The Morgan fingerprint density at radius 3 is 2.88 bits per heavy atom. The Morgan fingerprint density at radius 1 is 1.25 bits per heavy atom. The second kappa shape index (κ2) is 3.64. The predicted molar refractivity (Wildman–Crippen MR) is 60.9 cm³/mol. The molecule has 1 fully saturated rings. The van der Waals surface area contributed by atoms with E-state index < -0.39 is 0 Å². The molecule has 0 saturated carbocycles. The lowest BCUT2D eigenvalue weighted by molar-refractivity contribution is 0.588. The number of fused-ring (bicyclic) bond motifs is 1. The number of aromatic nitrogens is 3. The van der Waals surface area contributed by atoms with Gasteiger partial charge in [-0.25, -0.2) is 14.3 Å². The number of pyridine rings is 1. The van der Waals surface area contributed by atoms with Crippen molar-refractivity contribution in [1.29, 1.82) is 0 Å². The van der Waals surface area contributed by atoms with E-state index in [0.717, 1.165) is 31.9 Å². The van der Waals surface area contributed by atoms with Crippen molar-refractivity contribution < 1.29 is 0 Å². The van der Waals surface area contributed by atoms with Crippen LogP contribution in [-0.2, 0) is 0 Å². The van der Waals surface area contributed by atoms with Crippen molar-refractivity contribution in [2.45, 2.75) is 0 Å². The Bertz CT molecular complexity index is 552. The summed E-state index contributed by atoms with van der Waals surface area (Å²) in [4.78, 5) is 13.7. The summed E-state index contributed by atoms with van der Waals surface area (Å²) in [6.07, 6.45) is 1.84. The van der Waals surface area contributed by atoms with E-state index in [2.05, 4.69) is 20.4 Å². The van der Waals surface area contributed by atoms with Crippen LogP contribution in [-0.4, -0.2) is 40.8 Å². The molecule has 0 amide bonds. The molecule has 0 aromatic carbocycles. The third-order valence-electron chi connectivity index (χ3n) is 2.88. The molecule has 6 nitrogen and oxygen atoms in total. The van der Waals surface area contributed by atoms with Crippen LogP contribution in [0.25, 0.3) is 5.65 Å². The molecule has 2 aromatic rings. The Balaban J connectivity index is 2.03. The maximum Gasteiger partial charge on any atom is 0.347 e. The van der Waals surface area contributed by atoms with Gasteiger partial charge >= 0.3 is 5.69 Å². The van der Waals surface area contributed by atoms with Crippen LogP contribution in [0, 0.1) is 0 Å². The zero-order chi connectivity index (χ0) is 11.0. The van der Waals surface area contributed by atoms with E-state index in [9.17, 15) is 4.79 Å². The van der Waals surface area contributed by atoms with Gasteiger partial charge in [-0.3, -0.25) is 0 Å². The van der Waals surface area contributed by atoms with Crippen molar-refractivity contribution in [3.8, 4) is 0 Å². The van der Waals surface area contributed by atoms with Gasteiger partial charge in [0.15, 0.2) is 5.65 Å². The maximum absolute atomic E-state index is 11.4. The van der Waals surface area contributed by atoms with Crippen LogP contribution in [0.5, 0.6) is 0 Å². The van der Waals surface area contributed by atoms with Crippen molar-refractivity contribution in [2.75, 3.05) is 31.1 Å². The normalized spacial score (nSPS) is 16.9. The first-order valence-electron chi connectivity index (χ1n) is 5.37. The fraction of sp³-hybridized carbons (Fsp3) is 0.400. The minimum atomic E-state index is -0.188. The van der Waals surface area contributed by atoms with Crippen LogP contribution in [0.2, 0.25) is 0 Å². The fourth-order valence-corrected chi connectivity index (χ4v) is 2.00. The molecule has 1 aliphatic rings. The first-order chi connectivity index (χ1) is 7.84. The molecule has 1 aliphatic heterocycles. The number of anilines is 1. The minimum Gasteiger partial charge on any atom is -0.368 e. The van der Waals surface area contributed by atoms with Gasteiger partial charge in [-0.1, -0.05) is 0 Å². The largest absolute Gasteiger partial charge is 0.368 e. The average molecular weight is 219 g/mol. The Morgan fingerprint density at radius 2 is 2.06 bits per heavy atom. The second-order valence-electron chi connectivity index (χ2n) is 3.88. The third kappa shape index (κ3) is 1.47. The molecule has 1 saturated heterocycles. The molecule has 6 heteroatoms. The first kappa shape index (κ1) is 9.41. The first-order valence-corrected chi connectivity index (χ1v) is 5.37. The highest BCUT2D eigenvalue weighted by molar-refractivity contribution is 5.51. The fourth-order valence-electron chi connectivity index (χ4n) is 2.00. The SMILES string of the molecule is O=c1[nH]nc2ccc(N3CCNCC3)cn12. The number of aromatic amines is 1. The van der Waals surface area contributed by atoms with Gasteiger partial charge in [0.25, 0.3) is 0 Å². The number of nitrogens with one attached hydrogen (secondary N) is 2. The molecule has 3 heterocycles. The minimum absolute atomic E-state index is 0.188. The lowest BCUT2D eigenvalue weighted by Crippen LogP contribution is -2.43. The highest BCUT2D eigenvalue weighted by atomic mass is 16.1. The molecule has 0 spiro atoms. The molecule has 2 N–H and O–H groups in total. The number of piperazine rings is 1. The second-order valence-corrected chi connectivity index (χ2v) is 3.88. The van der Waals surface area contributed by atoms with Crippen LogP contribution < -0.4 is 15.9 Å². The summed E-state index contributed by atoms with van der Waals surface area (Å²) in [5, 5.41) is 9.63. The highest BCUT2D eigenvalue weighted by Crippen LogP contribution is 2.14. The standard InChI is InChI=1S/C10H13N5O/c16-10-13-12-9-2-1-8(7-15(9)10)14-5-3-11-4-6-14/h1-2,7,11H,3-6H2,(H,13,16). The van der Waals surface area contributed by atoms with Crippen LogP contribution >= 0.6 is 0 Å². The summed E-state index contributed by atoms with van der Waals surface area (Å²) in [7, 11) is 0. The van der Waals surface area contributed by atoms with E-state index in [1.165, 1.54) is 4.40 Å². The molecular formula is C10H13N5O. The van der Waals surface area contributed by atoms with Crippen molar-refractivity contribution >= 4 is 11.3 Å². The van der Waals surface area contributed by atoms with Crippen molar-refractivity contribution in [3.63, 3.8) is 0 Å². The van der Waals surface area contributed by atoms with E-state index in [0.29, 0.717) is 5.65 Å². The lowest BCUT2D eigenvalue weighted by atomic mass is 10.3. The Kier molecular flexibility index (Phi) is 2.14. The van der Waals surface area contributed by atoms with Gasteiger partial charge < -0.3 is 10.2 Å². The Labute approximate surface area is 91.9 Å². The van der Waals surface area contributed by atoms with Gasteiger partial charge in [0.1, 0.15) is 0 Å². The summed E-state index contributed by atoms with van der Waals surface area (Å²) in [6, 6.07) is 3.86. The molecule has 0 bridgehead atoms. The van der Waals surface area contributed by atoms with Crippen molar-refractivity contribution in [2.24, 2.45) is 0 Å². The van der Waals surface area contributed by atoms with E-state index in [1.807, 2.05) is 18.3 Å². The summed E-state index contributed by atoms with van der Waals surface area (Å²) < 4.78 is 1.54. The number of rotatable bonds is 1. The smallest absolute Gasteiger partial charge is 0.347 e. The number of hydrogen-bond donors (Lipinski definition) is 2. The molecule has 16 heavy (non-hydrogen) atoms. The monoisotopic (exact) mass is 219 g/mol. The molecular weight excluding hydrogens is 206 g/mol. The average Bonchev–Trinajstić information content (AvgIpc) is 2.72. The van der Waals surface area contributed by atoms with E-state index in [-0.39, 0.29) is 5.69 Å².